The number of nitriles is 1. The second-order valence-corrected chi connectivity index (χ2v) is 4.66. The van der Waals surface area contributed by atoms with E-state index in [1.165, 1.54) is 0 Å². The lowest BCUT2D eigenvalue weighted by atomic mass is 9.83. The maximum absolute atomic E-state index is 10.3. The summed E-state index contributed by atoms with van der Waals surface area (Å²) in [5, 5.41) is 20.3. The molecular formula is C14H14N2O. The SMILES string of the molecule is CC(C)(C#N)C(O)c1cccc2cccnc12. The Labute approximate surface area is 100 Å². The average molecular weight is 226 g/mol. The van der Waals surface area contributed by atoms with E-state index in [9.17, 15) is 5.11 Å². The van der Waals surface area contributed by atoms with Gasteiger partial charge in [-0.05, 0) is 19.9 Å². The summed E-state index contributed by atoms with van der Waals surface area (Å²) in [5.41, 5.74) is 0.631. The summed E-state index contributed by atoms with van der Waals surface area (Å²) in [4.78, 5) is 4.28. The van der Waals surface area contributed by atoms with Crippen LogP contribution >= 0.6 is 0 Å². The van der Waals surface area contributed by atoms with Crippen molar-refractivity contribution in [1.29, 1.82) is 5.26 Å². The number of pyridine rings is 1. The van der Waals surface area contributed by atoms with Crippen LogP contribution < -0.4 is 0 Å². The molecule has 0 aliphatic heterocycles. The van der Waals surface area contributed by atoms with E-state index < -0.39 is 11.5 Å². The van der Waals surface area contributed by atoms with Gasteiger partial charge in [-0.1, -0.05) is 24.3 Å². The van der Waals surface area contributed by atoms with E-state index in [1.54, 1.807) is 20.0 Å². The summed E-state index contributed by atoms with van der Waals surface area (Å²) in [5.74, 6) is 0. The van der Waals surface area contributed by atoms with E-state index in [1.807, 2.05) is 30.3 Å². The molecule has 3 nitrogen and oxygen atoms in total. The molecule has 86 valence electrons. The highest BCUT2D eigenvalue weighted by Gasteiger charge is 2.30. The van der Waals surface area contributed by atoms with Gasteiger partial charge in [0.25, 0.3) is 0 Å². The van der Waals surface area contributed by atoms with Crippen molar-refractivity contribution in [2.45, 2.75) is 20.0 Å². The molecule has 0 aliphatic carbocycles. The number of aliphatic hydroxyl groups excluding tert-OH is 1. The minimum atomic E-state index is -0.842. The molecule has 1 atom stereocenters. The van der Waals surface area contributed by atoms with Crippen LogP contribution in [0, 0.1) is 16.7 Å². The van der Waals surface area contributed by atoms with E-state index in [2.05, 4.69) is 11.1 Å². The quantitative estimate of drug-likeness (QED) is 0.856. The first kappa shape index (κ1) is 11.6. The lowest BCUT2D eigenvalue weighted by Gasteiger charge is -2.23. The molecule has 1 heterocycles. The third-order valence-electron chi connectivity index (χ3n) is 2.93. The van der Waals surface area contributed by atoms with Crippen molar-refractivity contribution < 1.29 is 5.11 Å². The van der Waals surface area contributed by atoms with Crippen molar-refractivity contribution in [3.63, 3.8) is 0 Å². The second-order valence-electron chi connectivity index (χ2n) is 4.66. The number of nitrogens with zero attached hydrogens (tertiary/aromatic N) is 2. The monoisotopic (exact) mass is 226 g/mol. The van der Waals surface area contributed by atoms with E-state index in [0.29, 0.717) is 5.56 Å². The van der Waals surface area contributed by atoms with Gasteiger partial charge in [0.05, 0.1) is 23.1 Å². The fourth-order valence-electron chi connectivity index (χ4n) is 1.80. The number of para-hydroxylation sites is 1. The molecule has 1 aromatic carbocycles. The van der Waals surface area contributed by atoms with Crippen LogP contribution in [0.1, 0.15) is 25.5 Å². The smallest absolute Gasteiger partial charge is 0.0991 e. The van der Waals surface area contributed by atoms with Crippen LogP contribution in [-0.4, -0.2) is 10.1 Å². The first-order valence-corrected chi connectivity index (χ1v) is 5.49. The lowest BCUT2D eigenvalue weighted by molar-refractivity contribution is 0.0879. The van der Waals surface area contributed by atoms with Gasteiger partial charge < -0.3 is 5.11 Å². The molecule has 0 spiro atoms. The molecule has 0 bridgehead atoms. The number of hydrogen-bond acceptors (Lipinski definition) is 3. The molecule has 0 radical (unpaired) electrons. The van der Waals surface area contributed by atoms with Crippen molar-refractivity contribution in [3.05, 3.63) is 42.1 Å². The molecule has 0 saturated carbocycles. The second kappa shape index (κ2) is 4.15. The number of aliphatic hydroxyl groups is 1. The molecule has 0 amide bonds. The fraction of sp³-hybridized carbons (Fsp3) is 0.286. The Balaban J connectivity index is 2.61. The summed E-state index contributed by atoms with van der Waals surface area (Å²) in [7, 11) is 0. The van der Waals surface area contributed by atoms with Gasteiger partial charge in [0.2, 0.25) is 0 Å². The van der Waals surface area contributed by atoms with Gasteiger partial charge in [0, 0.05) is 17.1 Å². The minimum absolute atomic E-state index is 0.703. The van der Waals surface area contributed by atoms with Crippen LogP contribution in [0.2, 0.25) is 0 Å². The fourth-order valence-corrected chi connectivity index (χ4v) is 1.80. The summed E-state index contributed by atoms with van der Waals surface area (Å²) in [6.45, 7) is 3.44. The summed E-state index contributed by atoms with van der Waals surface area (Å²) in [6, 6.07) is 11.6. The zero-order valence-electron chi connectivity index (χ0n) is 9.88. The van der Waals surface area contributed by atoms with Gasteiger partial charge in [-0.2, -0.15) is 5.26 Å². The summed E-state index contributed by atoms with van der Waals surface area (Å²) >= 11 is 0. The number of fused-ring (bicyclic) bond motifs is 1. The lowest BCUT2D eigenvalue weighted by Crippen LogP contribution is -2.20. The number of hydrogen-bond donors (Lipinski definition) is 1. The van der Waals surface area contributed by atoms with Crippen molar-refractivity contribution in [2.24, 2.45) is 5.41 Å². The van der Waals surface area contributed by atoms with Crippen LogP contribution in [0.15, 0.2) is 36.5 Å². The van der Waals surface area contributed by atoms with E-state index >= 15 is 0 Å². The van der Waals surface area contributed by atoms with Crippen molar-refractivity contribution >= 4 is 10.9 Å². The van der Waals surface area contributed by atoms with Crippen LogP contribution in [0.3, 0.4) is 0 Å². The van der Waals surface area contributed by atoms with Crippen LogP contribution in [0.4, 0.5) is 0 Å². The molecule has 2 rings (SSSR count). The summed E-state index contributed by atoms with van der Waals surface area (Å²) in [6.07, 6.45) is 0.851. The van der Waals surface area contributed by atoms with E-state index in [4.69, 9.17) is 5.26 Å². The maximum atomic E-state index is 10.3. The third-order valence-corrected chi connectivity index (χ3v) is 2.93. The zero-order chi connectivity index (χ0) is 12.5. The highest BCUT2D eigenvalue weighted by atomic mass is 16.3. The Morgan fingerprint density at radius 2 is 2.00 bits per heavy atom. The highest BCUT2D eigenvalue weighted by molar-refractivity contribution is 5.82. The Kier molecular flexibility index (Phi) is 2.83. The molecule has 17 heavy (non-hydrogen) atoms. The predicted molar refractivity (Wildman–Crippen MR) is 66.1 cm³/mol. The van der Waals surface area contributed by atoms with Crippen LogP contribution in [0.25, 0.3) is 10.9 Å². The number of benzene rings is 1. The predicted octanol–water partition coefficient (Wildman–Crippen LogP) is 2.82. The Hall–Kier alpha value is -1.92. The van der Waals surface area contributed by atoms with Gasteiger partial charge in [-0.3, -0.25) is 4.98 Å². The maximum Gasteiger partial charge on any atom is 0.0991 e. The van der Waals surface area contributed by atoms with E-state index in [-0.39, 0.29) is 0 Å². The Morgan fingerprint density at radius 1 is 1.29 bits per heavy atom. The highest BCUT2D eigenvalue weighted by Crippen LogP contribution is 2.35. The Morgan fingerprint density at radius 3 is 2.71 bits per heavy atom. The molecule has 1 aromatic heterocycles. The van der Waals surface area contributed by atoms with Crippen LogP contribution in [0.5, 0.6) is 0 Å². The van der Waals surface area contributed by atoms with Crippen LogP contribution in [-0.2, 0) is 0 Å². The van der Waals surface area contributed by atoms with Gasteiger partial charge in [-0.15, -0.1) is 0 Å². The summed E-state index contributed by atoms with van der Waals surface area (Å²) < 4.78 is 0. The first-order valence-electron chi connectivity index (χ1n) is 5.49. The normalized spacial score (nSPS) is 13.3. The minimum Gasteiger partial charge on any atom is -0.387 e. The largest absolute Gasteiger partial charge is 0.387 e. The van der Waals surface area contributed by atoms with Gasteiger partial charge >= 0.3 is 0 Å². The molecule has 0 aliphatic rings. The standard InChI is InChI=1S/C14H14N2O/c1-14(2,9-15)13(17)11-7-3-5-10-6-4-8-16-12(10)11/h3-8,13,17H,1-2H3. The number of aromatic nitrogens is 1. The first-order chi connectivity index (χ1) is 8.06. The molecule has 0 fully saturated rings. The number of rotatable bonds is 2. The van der Waals surface area contributed by atoms with Gasteiger partial charge in [-0.25, -0.2) is 0 Å². The molecule has 3 heteroatoms. The van der Waals surface area contributed by atoms with Gasteiger partial charge in [0.1, 0.15) is 0 Å². The Bertz CT molecular complexity index is 579. The molecule has 2 aromatic rings. The molecule has 1 unspecified atom stereocenters. The average Bonchev–Trinajstić information content (AvgIpc) is 2.37. The van der Waals surface area contributed by atoms with E-state index in [0.717, 1.165) is 10.9 Å². The zero-order valence-corrected chi connectivity index (χ0v) is 9.88. The molecule has 0 saturated heterocycles. The molecule has 1 N–H and O–H groups in total. The molecular weight excluding hydrogens is 212 g/mol. The van der Waals surface area contributed by atoms with Crippen molar-refractivity contribution in [1.82, 2.24) is 4.98 Å². The van der Waals surface area contributed by atoms with Crippen molar-refractivity contribution in [2.75, 3.05) is 0 Å². The van der Waals surface area contributed by atoms with Crippen molar-refractivity contribution in [3.8, 4) is 6.07 Å². The topological polar surface area (TPSA) is 56.9 Å². The van der Waals surface area contributed by atoms with Gasteiger partial charge in [0.15, 0.2) is 0 Å². The third kappa shape index (κ3) is 2.00.